The zero-order valence-corrected chi connectivity index (χ0v) is 34.0. The van der Waals surface area contributed by atoms with Crippen LogP contribution in [0.5, 0.6) is 0 Å². The van der Waals surface area contributed by atoms with E-state index in [9.17, 15) is 23.8 Å². The van der Waals surface area contributed by atoms with Gasteiger partial charge < -0.3 is 25.2 Å². The van der Waals surface area contributed by atoms with Crippen LogP contribution in [0.25, 0.3) is 0 Å². The van der Waals surface area contributed by atoms with E-state index in [0.29, 0.717) is 12.8 Å². The zero-order valence-electron chi connectivity index (χ0n) is 33.1. The number of esters is 2. The third-order valence-corrected chi connectivity index (χ3v) is 9.56. The summed E-state index contributed by atoms with van der Waals surface area (Å²) >= 11 is 0. The molecule has 0 aromatic rings. The Kier molecular flexibility index (Phi) is 35.1. The molecule has 0 spiro atoms. The summed E-state index contributed by atoms with van der Waals surface area (Å²) < 4.78 is 32.6. The molecule has 0 aliphatic rings. The van der Waals surface area contributed by atoms with Crippen LogP contribution in [0.1, 0.15) is 174 Å². The maximum Gasteiger partial charge on any atom is 0.472 e. The molecule has 0 radical (unpaired) electrons. The molecular formula is C41H74NO10P. The second kappa shape index (κ2) is 36.7. The second-order valence-corrected chi connectivity index (χ2v) is 15.2. The van der Waals surface area contributed by atoms with Crippen molar-refractivity contribution in [1.82, 2.24) is 0 Å². The molecule has 0 heterocycles. The first-order valence-electron chi connectivity index (χ1n) is 20.5. The number of ether oxygens (including phenoxy) is 2. The SMILES string of the molecule is CCCC/C=C/C/C=C/CCCCCCCC(=O)O[C@H](COC(=O)CCCCCCC/C=C/CCCCCCCC)COP(=O)(O)OC[C@H](N)C(=O)O. The lowest BCUT2D eigenvalue weighted by Crippen LogP contribution is -2.34. The zero-order chi connectivity index (χ0) is 39.3. The lowest BCUT2D eigenvalue weighted by atomic mass is 10.1. The minimum atomic E-state index is -4.72. The van der Waals surface area contributed by atoms with E-state index < -0.39 is 51.1 Å². The van der Waals surface area contributed by atoms with Crippen LogP contribution in [-0.2, 0) is 37.5 Å². The summed E-state index contributed by atoms with van der Waals surface area (Å²) in [5, 5.41) is 8.87. The van der Waals surface area contributed by atoms with Crippen LogP contribution in [0.4, 0.5) is 0 Å². The number of carbonyl (C=O) groups excluding carboxylic acids is 2. The van der Waals surface area contributed by atoms with Gasteiger partial charge in [0.2, 0.25) is 0 Å². The fourth-order valence-corrected chi connectivity index (χ4v) is 6.09. The average Bonchev–Trinajstić information content (AvgIpc) is 3.13. The minimum Gasteiger partial charge on any atom is -0.480 e. The maximum atomic E-state index is 12.6. The highest BCUT2D eigenvalue weighted by Gasteiger charge is 2.28. The number of rotatable bonds is 38. The van der Waals surface area contributed by atoms with Gasteiger partial charge in [-0.2, -0.15) is 0 Å². The van der Waals surface area contributed by atoms with Gasteiger partial charge in [-0.3, -0.25) is 23.4 Å². The van der Waals surface area contributed by atoms with Crippen LogP contribution in [0.3, 0.4) is 0 Å². The van der Waals surface area contributed by atoms with Crippen molar-refractivity contribution in [3.63, 3.8) is 0 Å². The third-order valence-electron chi connectivity index (χ3n) is 8.61. The topological polar surface area (TPSA) is 172 Å². The highest BCUT2D eigenvalue weighted by molar-refractivity contribution is 7.47. The van der Waals surface area contributed by atoms with Crippen LogP contribution in [0.2, 0.25) is 0 Å². The first-order valence-corrected chi connectivity index (χ1v) is 22.0. The largest absolute Gasteiger partial charge is 0.480 e. The quantitative estimate of drug-likeness (QED) is 0.0236. The van der Waals surface area contributed by atoms with Crippen molar-refractivity contribution in [2.45, 2.75) is 187 Å². The van der Waals surface area contributed by atoms with Crippen LogP contribution in [0.15, 0.2) is 36.5 Å². The molecule has 0 rings (SSSR count). The van der Waals surface area contributed by atoms with Gasteiger partial charge in [-0.05, 0) is 64.2 Å². The number of unbranched alkanes of at least 4 members (excludes halogenated alkanes) is 18. The van der Waals surface area contributed by atoms with Crippen molar-refractivity contribution in [2.75, 3.05) is 19.8 Å². The van der Waals surface area contributed by atoms with E-state index in [2.05, 4.69) is 54.8 Å². The number of carboxylic acid groups (broad SMARTS) is 1. The van der Waals surface area contributed by atoms with Crippen molar-refractivity contribution in [1.29, 1.82) is 0 Å². The monoisotopic (exact) mass is 772 g/mol. The Balaban J connectivity index is 4.43. The molecule has 3 atom stereocenters. The molecule has 4 N–H and O–H groups in total. The first-order chi connectivity index (χ1) is 25.6. The van der Waals surface area contributed by atoms with Crippen LogP contribution in [-0.4, -0.2) is 59.9 Å². The number of carboxylic acids is 1. The molecule has 0 aromatic heterocycles. The number of nitrogens with two attached hydrogens (primary N) is 1. The number of hydrogen-bond acceptors (Lipinski definition) is 9. The smallest absolute Gasteiger partial charge is 0.472 e. The van der Waals surface area contributed by atoms with Gasteiger partial charge in [0.1, 0.15) is 12.6 Å². The average molecular weight is 772 g/mol. The molecule has 0 aromatic carbocycles. The summed E-state index contributed by atoms with van der Waals surface area (Å²) in [6.45, 7) is 2.72. The van der Waals surface area contributed by atoms with Gasteiger partial charge in [0.25, 0.3) is 0 Å². The third kappa shape index (κ3) is 36.4. The van der Waals surface area contributed by atoms with Crippen LogP contribution in [0, 0.1) is 0 Å². The Hall–Kier alpha value is -2.30. The van der Waals surface area contributed by atoms with E-state index >= 15 is 0 Å². The molecule has 0 fully saturated rings. The van der Waals surface area contributed by atoms with Gasteiger partial charge in [-0.15, -0.1) is 0 Å². The minimum absolute atomic E-state index is 0.143. The van der Waals surface area contributed by atoms with Crippen molar-refractivity contribution in [3.05, 3.63) is 36.5 Å². The number of allylic oxidation sites excluding steroid dienone is 6. The predicted molar refractivity (Wildman–Crippen MR) is 212 cm³/mol. The lowest BCUT2D eigenvalue weighted by molar-refractivity contribution is -0.161. The molecule has 11 nitrogen and oxygen atoms in total. The molecule has 0 aliphatic heterocycles. The van der Waals surface area contributed by atoms with Gasteiger partial charge in [0.15, 0.2) is 6.10 Å². The fourth-order valence-electron chi connectivity index (χ4n) is 5.31. The van der Waals surface area contributed by atoms with E-state index in [0.717, 1.165) is 83.5 Å². The molecule has 53 heavy (non-hydrogen) atoms. The number of hydrogen-bond donors (Lipinski definition) is 3. The van der Waals surface area contributed by atoms with E-state index in [1.807, 2.05) is 0 Å². The highest BCUT2D eigenvalue weighted by Crippen LogP contribution is 2.43. The molecule has 0 amide bonds. The molecular weight excluding hydrogens is 697 g/mol. The Labute approximate surface area is 321 Å². The Morgan fingerprint density at radius 2 is 1.02 bits per heavy atom. The van der Waals surface area contributed by atoms with E-state index in [-0.39, 0.29) is 19.4 Å². The highest BCUT2D eigenvalue weighted by atomic mass is 31.2. The molecule has 0 bridgehead atoms. The molecule has 1 unspecified atom stereocenters. The molecule has 0 saturated carbocycles. The molecule has 12 heteroatoms. The van der Waals surface area contributed by atoms with Gasteiger partial charge in [-0.25, -0.2) is 4.57 Å². The summed E-state index contributed by atoms with van der Waals surface area (Å²) in [5.41, 5.74) is 5.32. The van der Waals surface area contributed by atoms with Gasteiger partial charge in [-0.1, -0.05) is 134 Å². The number of phosphoric acid groups is 1. The van der Waals surface area contributed by atoms with E-state index in [4.69, 9.17) is 24.8 Å². The Morgan fingerprint density at radius 3 is 1.55 bits per heavy atom. The molecule has 0 saturated heterocycles. The Morgan fingerprint density at radius 1 is 0.585 bits per heavy atom. The summed E-state index contributed by atoms with van der Waals surface area (Å²) in [4.78, 5) is 45.8. The number of aliphatic carboxylic acids is 1. The first kappa shape index (κ1) is 50.7. The summed E-state index contributed by atoms with van der Waals surface area (Å²) in [5.74, 6) is -2.41. The van der Waals surface area contributed by atoms with Crippen molar-refractivity contribution in [2.24, 2.45) is 5.73 Å². The van der Waals surface area contributed by atoms with E-state index in [1.54, 1.807) is 0 Å². The normalized spacial score (nSPS) is 14.2. The Bertz CT molecular complexity index is 1050. The van der Waals surface area contributed by atoms with Crippen molar-refractivity contribution >= 4 is 25.7 Å². The predicted octanol–water partition coefficient (Wildman–Crippen LogP) is 10.4. The summed E-state index contributed by atoms with van der Waals surface area (Å²) in [6.07, 6.45) is 37.8. The molecule has 0 aliphatic carbocycles. The molecule has 308 valence electrons. The van der Waals surface area contributed by atoms with Gasteiger partial charge in [0, 0.05) is 12.8 Å². The van der Waals surface area contributed by atoms with Crippen LogP contribution < -0.4 is 5.73 Å². The fraction of sp³-hybridized carbons (Fsp3) is 0.780. The summed E-state index contributed by atoms with van der Waals surface area (Å²) in [7, 11) is -4.72. The van der Waals surface area contributed by atoms with Crippen molar-refractivity contribution in [3.8, 4) is 0 Å². The maximum absolute atomic E-state index is 12.6. The number of phosphoric ester groups is 1. The van der Waals surface area contributed by atoms with Crippen molar-refractivity contribution < 1.29 is 47.5 Å². The lowest BCUT2D eigenvalue weighted by Gasteiger charge is -2.20. The van der Waals surface area contributed by atoms with Gasteiger partial charge in [0.05, 0.1) is 13.2 Å². The van der Waals surface area contributed by atoms with Gasteiger partial charge >= 0.3 is 25.7 Å². The summed E-state index contributed by atoms with van der Waals surface area (Å²) in [6, 6.07) is -1.52. The standard InChI is InChI=1S/C41H74NO10P/c1-3-5-7-9-11-13-15-17-19-21-22-24-26-28-30-32-39(43)49-34-37(35-50-53(47,48)51-36-38(42)41(45)46)52-40(44)33-31-29-27-25-23-20-18-16-14-12-10-8-6-4-2/h10,12,16-19,37-38H,3-9,11,13-15,20-36,42H2,1-2H3,(H,45,46)(H,47,48)/b12-10+,18-16+,19-17+/t37-,38+/m1/s1. The van der Waals surface area contributed by atoms with Crippen LogP contribution >= 0.6 is 7.82 Å². The second-order valence-electron chi connectivity index (χ2n) is 13.8. The van der Waals surface area contributed by atoms with E-state index in [1.165, 1.54) is 51.4 Å². The number of carbonyl (C=O) groups is 3.